The molecule has 0 aliphatic rings. The van der Waals surface area contributed by atoms with E-state index in [1.165, 1.54) is 7.05 Å². The highest BCUT2D eigenvalue weighted by atomic mass is 35.5. The molecule has 0 aromatic heterocycles. The van der Waals surface area contributed by atoms with Crippen molar-refractivity contribution in [1.82, 2.24) is 0 Å². The second kappa shape index (κ2) is 5.47. The summed E-state index contributed by atoms with van der Waals surface area (Å²) in [6.07, 6.45) is 0. The van der Waals surface area contributed by atoms with Crippen molar-refractivity contribution in [1.29, 1.82) is 0 Å². The Morgan fingerprint density at radius 3 is 2.18 bits per heavy atom. The summed E-state index contributed by atoms with van der Waals surface area (Å²) in [4.78, 5) is 0.917. The monoisotopic (exact) mass is 189 g/mol. The summed E-state index contributed by atoms with van der Waals surface area (Å²) < 4.78 is 0. The summed E-state index contributed by atoms with van der Waals surface area (Å²) in [6, 6.07) is 5.69. The van der Waals surface area contributed by atoms with Gasteiger partial charge in [-0.1, -0.05) is 11.6 Å². The van der Waals surface area contributed by atoms with Crippen molar-refractivity contribution < 1.29 is 0 Å². The molecule has 1 aromatic carbocycles. The van der Waals surface area contributed by atoms with Crippen LogP contribution in [0.5, 0.6) is 0 Å². The van der Waals surface area contributed by atoms with Gasteiger partial charge in [0.25, 0.3) is 0 Å². The molecule has 0 unspecified atom stereocenters. The average Bonchev–Trinajstić information content (AvgIpc) is 1.88. The van der Waals surface area contributed by atoms with Crippen molar-refractivity contribution >= 4 is 24.2 Å². The summed E-state index contributed by atoms with van der Waals surface area (Å²) in [6.45, 7) is 1.99. The van der Waals surface area contributed by atoms with E-state index in [9.17, 15) is 0 Å². The van der Waals surface area contributed by atoms with Crippen LogP contribution in [0.2, 0.25) is 5.02 Å². The standard InChI is InChI=1S/C7H7ClS.CH5N/c1-5-2-6(8)4-7(9)3-5;1-2/h2-4,9H,1H3;2H2,1H3. The van der Waals surface area contributed by atoms with E-state index in [4.69, 9.17) is 11.6 Å². The molecule has 0 aliphatic carbocycles. The van der Waals surface area contributed by atoms with Crippen molar-refractivity contribution in [2.24, 2.45) is 5.73 Å². The first-order chi connectivity index (χ1) is 5.18. The number of rotatable bonds is 0. The quantitative estimate of drug-likeness (QED) is 0.603. The summed E-state index contributed by atoms with van der Waals surface area (Å²) in [5.74, 6) is 0. The lowest BCUT2D eigenvalue weighted by atomic mass is 10.2. The Bertz CT molecular complexity index is 175. The van der Waals surface area contributed by atoms with E-state index in [0.29, 0.717) is 0 Å². The lowest BCUT2D eigenvalue weighted by Gasteiger charge is -1.94. The molecule has 0 saturated heterocycles. The van der Waals surface area contributed by atoms with Crippen molar-refractivity contribution in [3.8, 4) is 0 Å². The highest BCUT2D eigenvalue weighted by Crippen LogP contribution is 2.16. The molecule has 1 aromatic rings. The van der Waals surface area contributed by atoms with Crippen LogP contribution in [-0.2, 0) is 0 Å². The smallest absolute Gasteiger partial charge is 0.0419 e. The zero-order valence-corrected chi connectivity index (χ0v) is 8.28. The van der Waals surface area contributed by atoms with E-state index < -0.39 is 0 Å². The lowest BCUT2D eigenvalue weighted by molar-refractivity contribution is 1.37. The number of benzene rings is 1. The maximum Gasteiger partial charge on any atom is 0.0419 e. The van der Waals surface area contributed by atoms with Crippen LogP contribution in [-0.4, -0.2) is 7.05 Å². The van der Waals surface area contributed by atoms with Gasteiger partial charge < -0.3 is 5.73 Å². The van der Waals surface area contributed by atoms with Gasteiger partial charge in [0.2, 0.25) is 0 Å². The maximum absolute atomic E-state index is 5.70. The van der Waals surface area contributed by atoms with E-state index in [2.05, 4.69) is 18.4 Å². The number of nitrogens with two attached hydrogens (primary N) is 1. The van der Waals surface area contributed by atoms with Gasteiger partial charge in [-0.3, -0.25) is 0 Å². The zero-order chi connectivity index (χ0) is 8.85. The fourth-order valence-corrected chi connectivity index (χ4v) is 1.43. The van der Waals surface area contributed by atoms with Gasteiger partial charge >= 0.3 is 0 Å². The Morgan fingerprint density at radius 1 is 1.27 bits per heavy atom. The first-order valence-corrected chi connectivity index (χ1v) is 4.05. The molecule has 1 rings (SSSR count). The third kappa shape index (κ3) is 4.30. The summed E-state index contributed by atoms with van der Waals surface area (Å²) >= 11 is 9.84. The SMILES string of the molecule is CN.Cc1cc(S)cc(Cl)c1. The van der Waals surface area contributed by atoms with Gasteiger partial charge in [-0.2, -0.15) is 0 Å². The third-order valence-electron chi connectivity index (χ3n) is 1.03. The summed E-state index contributed by atoms with van der Waals surface area (Å²) in [7, 11) is 1.50. The first kappa shape index (κ1) is 10.8. The Kier molecular flexibility index (Phi) is 5.38. The Labute approximate surface area is 78.0 Å². The van der Waals surface area contributed by atoms with Crippen LogP contribution in [0.25, 0.3) is 0 Å². The highest BCUT2D eigenvalue weighted by Gasteiger charge is 1.89. The second-order valence-corrected chi connectivity index (χ2v) is 2.94. The molecule has 0 amide bonds. The molecular weight excluding hydrogens is 178 g/mol. The summed E-state index contributed by atoms with van der Waals surface area (Å²) in [5, 5.41) is 0.750. The van der Waals surface area contributed by atoms with Gasteiger partial charge in [0.1, 0.15) is 0 Å². The Balaban J connectivity index is 0.000000461. The topological polar surface area (TPSA) is 26.0 Å². The molecule has 11 heavy (non-hydrogen) atoms. The molecule has 0 spiro atoms. The molecule has 62 valence electrons. The average molecular weight is 190 g/mol. The minimum absolute atomic E-state index is 0.750. The Hall–Kier alpha value is -0.180. The number of thiol groups is 1. The maximum atomic E-state index is 5.70. The van der Waals surface area contributed by atoms with Crippen LogP contribution < -0.4 is 5.73 Å². The normalized spacial score (nSPS) is 8.45. The van der Waals surface area contributed by atoms with Crippen molar-refractivity contribution in [3.63, 3.8) is 0 Å². The van der Waals surface area contributed by atoms with Gasteiger partial charge in [-0.15, -0.1) is 12.6 Å². The molecule has 0 radical (unpaired) electrons. The number of hydrogen-bond acceptors (Lipinski definition) is 2. The molecule has 0 heterocycles. The van der Waals surface area contributed by atoms with Gasteiger partial charge in [0.15, 0.2) is 0 Å². The Morgan fingerprint density at radius 2 is 1.82 bits per heavy atom. The molecule has 3 heteroatoms. The predicted octanol–water partition coefficient (Wildman–Crippen LogP) is 2.51. The van der Waals surface area contributed by atoms with Gasteiger partial charge in [-0.05, 0) is 37.7 Å². The van der Waals surface area contributed by atoms with Crippen LogP contribution in [0.1, 0.15) is 5.56 Å². The van der Waals surface area contributed by atoms with Crippen molar-refractivity contribution in [3.05, 3.63) is 28.8 Å². The van der Waals surface area contributed by atoms with Gasteiger partial charge in [0, 0.05) is 9.92 Å². The number of halogens is 1. The molecule has 0 fully saturated rings. The van der Waals surface area contributed by atoms with E-state index in [-0.39, 0.29) is 0 Å². The van der Waals surface area contributed by atoms with Crippen LogP contribution in [0.3, 0.4) is 0 Å². The number of hydrogen-bond donors (Lipinski definition) is 2. The molecule has 0 saturated carbocycles. The van der Waals surface area contributed by atoms with Crippen LogP contribution in [0.4, 0.5) is 0 Å². The fraction of sp³-hybridized carbons (Fsp3) is 0.250. The van der Waals surface area contributed by atoms with E-state index in [1.807, 2.05) is 25.1 Å². The first-order valence-electron chi connectivity index (χ1n) is 3.22. The molecule has 0 atom stereocenters. The van der Waals surface area contributed by atoms with Gasteiger partial charge in [0.05, 0.1) is 0 Å². The van der Waals surface area contributed by atoms with Crippen LogP contribution in [0, 0.1) is 6.92 Å². The minimum atomic E-state index is 0.750. The summed E-state index contributed by atoms with van der Waals surface area (Å²) in [5.41, 5.74) is 5.65. The zero-order valence-electron chi connectivity index (χ0n) is 6.63. The molecule has 0 aliphatic heterocycles. The number of aryl methyl sites for hydroxylation is 1. The van der Waals surface area contributed by atoms with Crippen molar-refractivity contribution in [2.75, 3.05) is 7.05 Å². The predicted molar refractivity (Wildman–Crippen MR) is 53.6 cm³/mol. The molecule has 1 nitrogen and oxygen atoms in total. The highest BCUT2D eigenvalue weighted by molar-refractivity contribution is 7.80. The lowest BCUT2D eigenvalue weighted by Crippen LogP contribution is -1.71. The van der Waals surface area contributed by atoms with E-state index in [1.54, 1.807) is 0 Å². The minimum Gasteiger partial charge on any atom is -0.333 e. The fourth-order valence-electron chi connectivity index (χ4n) is 0.717. The molecular formula is C8H12ClNS. The van der Waals surface area contributed by atoms with Crippen LogP contribution >= 0.6 is 24.2 Å². The van der Waals surface area contributed by atoms with E-state index in [0.717, 1.165) is 15.5 Å². The largest absolute Gasteiger partial charge is 0.333 e. The molecule has 0 bridgehead atoms. The van der Waals surface area contributed by atoms with Crippen molar-refractivity contribution in [2.45, 2.75) is 11.8 Å². The second-order valence-electron chi connectivity index (χ2n) is 1.99. The van der Waals surface area contributed by atoms with Gasteiger partial charge in [-0.25, -0.2) is 0 Å². The molecule has 2 N–H and O–H groups in total. The van der Waals surface area contributed by atoms with Crippen LogP contribution in [0.15, 0.2) is 23.1 Å². The van der Waals surface area contributed by atoms with E-state index >= 15 is 0 Å². The third-order valence-corrected chi connectivity index (χ3v) is 1.50.